The molecule has 3 aromatic rings. The van der Waals surface area contributed by atoms with Crippen molar-refractivity contribution < 1.29 is 4.74 Å². The average molecular weight is 248 g/mol. The summed E-state index contributed by atoms with van der Waals surface area (Å²) in [5, 5.41) is 11.8. The topological polar surface area (TPSA) is 65.2 Å². The number of pyridine rings is 1. The van der Waals surface area contributed by atoms with Gasteiger partial charge < -0.3 is 4.74 Å². The van der Waals surface area contributed by atoms with Gasteiger partial charge in [-0.15, -0.1) is 15.3 Å². The van der Waals surface area contributed by atoms with Gasteiger partial charge in [-0.05, 0) is 29.8 Å². The van der Waals surface area contributed by atoms with E-state index in [-0.39, 0.29) is 5.28 Å². The Bertz CT molecular complexity index is 654. The van der Waals surface area contributed by atoms with Gasteiger partial charge in [-0.25, -0.2) is 0 Å². The van der Waals surface area contributed by atoms with Gasteiger partial charge in [0.25, 0.3) is 0 Å². The van der Waals surface area contributed by atoms with Crippen molar-refractivity contribution in [3.63, 3.8) is 0 Å². The fraction of sp³-hybridized carbons (Fsp3) is 0. The third kappa shape index (κ3) is 1.90. The lowest BCUT2D eigenvalue weighted by Crippen LogP contribution is -1.95. The SMILES string of the molecule is Clc1nnc2ccc(Oc3cccnc3)nn12. The van der Waals surface area contributed by atoms with E-state index < -0.39 is 0 Å². The van der Waals surface area contributed by atoms with Crippen molar-refractivity contribution in [3.05, 3.63) is 41.9 Å². The van der Waals surface area contributed by atoms with Gasteiger partial charge in [-0.1, -0.05) is 0 Å². The van der Waals surface area contributed by atoms with Gasteiger partial charge in [0.05, 0.1) is 6.20 Å². The minimum Gasteiger partial charge on any atom is -0.436 e. The van der Waals surface area contributed by atoms with E-state index >= 15 is 0 Å². The Morgan fingerprint density at radius 2 is 2.12 bits per heavy atom. The largest absolute Gasteiger partial charge is 0.436 e. The molecule has 3 rings (SSSR count). The normalized spacial score (nSPS) is 10.6. The van der Waals surface area contributed by atoms with E-state index in [1.807, 2.05) is 0 Å². The second-order valence-electron chi connectivity index (χ2n) is 3.20. The molecule has 0 N–H and O–H groups in total. The zero-order valence-corrected chi connectivity index (χ0v) is 9.24. The molecule has 6 nitrogen and oxygen atoms in total. The lowest BCUT2D eigenvalue weighted by Gasteiger charge is -2.03. The molecule has 0 aliphatic carbocycles. The number of fused-ring (bicyclic) bond motifs is 1. The summed E-state index contributed by atoms with van der Waals surface area (Å²) >= 11 is 5.81. The van der Waals surface area contributed by atoms with Crippen LogP contribution in [0, 0.1) is 0 Å². The average Bonchev–Trinajstić information content (AvgIpc) is 2.73. The predicted molar refractivity (Wildman–Crippen MR) is 60.1 cm³/mol. The minimum absolute atomic E-state index is 0.191. The van der Waals surface area contributed by atoms with Crippen molar-refractivity contribution in [1.29, 1.82) is 0 Å². The molecule has 7 heteroatoms. The number of aromatic nitrogens is 5. The molecule has 0 fully saturated rings. The minimum atomic E-state index is 0.191. The molecule has 0 aliphatic heterocycles. The first kappa shape index (κ1) is 9.98. The summed E-state index contributed by atoms with van der Waals surface area (Å²) in [5.74, 6) is 0.996. The second-order valence-corrected chi connectivity index (χ2v) is 3.54. The highest BCUT2D eigenvalue weighted by molar-refractivity contribution is 6.28. The van der Waals surface area contributed by atoms with E-state index in [9.17, 15) is 0 Å². The van der Waals surface area contributed by atoms with Gasteiger partial charge in [-0.2, -0.15) is 4.52 Å². The van der Waals surface area contributed by atoms with Crippen LogP contribution in [0.3, 0.4) is 0 Å². The number of rotatable bonds is 2. The van der Waals surface area contributed by atoms with Crippen LogP contribution in [0.2, 0.25) is 5.28 Å². The van der Waals surface area contributed by atoms with Crippen molar-refractivity contribution in [2.75, 3.05) is 0 Å². The Morgan fingerprint density at radius 3 is 2.94 bits per heavy atom. The second kappa shape index (κ2) is 3.99. The summed E-state index contributed by atoms with van der Waals surface area (Å²) in [7, 11) is 0. The summed E-state index contributed by atoms with van der Waals surface area (Å²) in [6.45, 7) is 0. The Labute approximate surface area is 101 Å². The number of hydrogen-bond donors (Lipinski definition) is 0. The monoisotopic (exact) mass is 247 g/mol. The van der Waals surface area contributed by atoms with Gasteiger partial charge in [0.15, 0.2) is 5.65 Å². The summed E-state index contributed by atoms with van der Waals surface area (Å²) in [5.41, 5.74) is 0.563. The van der Waals surface area contributed by atoms with Crippen LogP contribution in [0.5, 0.6) is 11.6 Å². The van der Waals surface area contributed by atoms with Crippen molar-refractivity contribution in [3.8, 4) is 11.6 Å². The molecule has 0 radical (unpaired) electrons. The molecule has 3 aromatic heterocycles. The molecule has 3 heterocycles. The molecule has 0 spiro atoms. The van der Waals surface area contributed by atoms with Gasteiger partial charge >= 0.3 is 0 Å². The molecule has 0 atom stereocenters. The van der Waals surface area contributed by atoms with E-state index in [2.05, 4.69) is 20.3 Å². The summed E-state index contributed by atoms with van der Waals surface area (Å²) in [6, 6.07) is 6.97. The van der Waals surface area contributed by atoms with Crippen LogP contribution in [-0.4, -0.2) is 24.8 Å². The van der Waals surface area contributed by atoms with Gasteiger partial charge in [0, 0.05) is 12.3 Å². The number of hydrogen-bond acceptors (Lipinski definition) is 5. The molecule has 17 heavy (non-hydrogen) atoms. The highest BCUT2D eigenvalue weighted by Gasteiger charge is 2.06. The Hall–Kier alpha value is -2.21. The summed E-state index contributed by atoms with van der Waals surface area (Å²) in [6.07, 6.45) is 3.26. The fourth-order valence-electron chi connectivity index (χ4n) is 1.33. The zero-order valence-electron chi connectivity index (χ0n) is 8.49. The first-order valence-electron chi connectivity index (χ1n) is 4.79. The highest BCUT2D eigenvalue weighted by Crippen LogP contribution is 2.18. The van der Waals surface area contributed by atoms with E-state index in [1.54, 1.807) is 36.7 Å². The maximum Gasteiger partial charge on any atom is 0.246 e. The maximum absolute atomic E-state index is 5.81. The van der Waals surface area contributed by atoms with Gasteiger partial charge in [-0.3, -0.25) is 4.98 Å². The molecule has 0 aromatic carbocycles. The van der Waals surface area contributed by atoms with Crippen LogP contribution in [0.15, 0.2) is 36.7 Å². The molecule has 0 saturated heterocycles. The van der Waals surface area contributed by atoms with Crippen molar-refractivity contribution in [1.82, 2.24) is 24.8 Å². The van der Waals surface area contributed by atoms with Gasteiger partial charge in [0.2, 0.25) is 11.2 Å². The molecule has 0 saturated carbocycles. The Balaban J connectivity index is 1.98. The van der Waals surface area contributed by atoms with Gasteiger partial charge in [0.1, 0.15) is 5.75 Å². The Kier molecular flexibility index (Phi) is 2.34. The summed E-state index contributed by atoms with van der Waals surface area (Å²) < 4.78 is 6.90. The third-order valence-electron chi connectivity index (χ3n) is 2.06. The van der Waals surface area contributed by atoms with Crippen LogP contribution < -0.4 is 4.74 Å². The lowest BCUT2D eigenvalue weighted by molar-refractivity contribution is 0.450. The van der Waals surface area contributed by atoms with Crippen LogP contribution in [-0.2, 0) is 0 Å². The van der Waals surface area contributed by atoms with E-state index in [0.29, 0.717) is 17.3 Å². The predicted octanol–water partition coefficient (Wildman–Crippen LogP) is 1.96. The molecule has 84 valence electrons. The maximum atomic E-state index is 5.81. The van der Waals surface area contributed by atoms with E-state index in [4.69, 9.17) is 16.3 Å². The van der Waals surface area contributed by atoms with E-state index in [1.165, 1.54) is 4.52 Å². The molecule has 0 aliphatic rings. The fourth-order valence-corrected chi connectivity index (χ4v) is 1.49. The zero-order chi connectivity index (χ0) is 11.7. The van der Waals surface area contributed by atoms with Crippen LogP contribution in [0.25, 0.3) is 5.65 Å². The molecular formula is C10H6ClN5O. The quantitative estimate of drug-likeness (QED) is 0.693. The van der Waals surface area contributed by atoms with E-state index in [0.717, 1.165) is 0 Å². The number of ether oxygens (including phenoxy) is 1. The lowest BCUT2D eigenvalue weighted by atomic mass is 10.4. The van der Waals surface area contributed by atoms with Crippen molar-refractivity contribution in [2.24, 2.45) is 0 Å². The van der Waals surface area contributed by atoms with Crippen LogP contribution in [0.4, 0.5) is 0 Å². The van der Waals surface area contributed by atoms with Crippen LogP contribution in [0.1, 0.15) is 0 Å². The first-order valence-corrected chi connectivity index (χ1v) is 5.16. The number of nitrogens with zero attached hydrogens (tertiary/aromatic N) is 5. The van der Waals surface area contributed by atoms with Crippen molar-refractivity contribution in [2.45, 2.75) is 0 Å². The standard InChI is InChI=1S/C10H6ClN5O/c11-10-14-13-8-3-4-9(15-16(8)10)17-7-2-1-5-12-6-7/h1-6H. The Morgan fingerprint density at radius 1 is 1.18 bits per heavy atom. The molecule has 0 bridgehead atoms. The summed E-state index contributed by atoms with van der Waals surface area (Å²) in [4.78, 5) is 3.94. The first-order chi connectivity index (χ1) is 8.33. The third-order valence-corrected chi connectivity index (χ3v) is 2.29. The van der Waals surface area contributed by atoms with Crippen molar-refractivity contribution >= 4 is 17.2 Å². The highest BCUT2D eigenvalue weighted by atomic mass is 35.5. The molecular weight excluding hydrogens is 242 g/mol. The molecule has 0 unspecified atom stereocenters. The molecule has 0 amide bonds. The number of halogens is 1. The van der Waals surface area contributed by atoms with Crippen LogP contribution >= 0.6 is 11.6 Å². The smallest absolute Gasteiger partial charge is 0.246 e.